The lowest BCUT2D eigenvalue weighted by Gasteiger charge is -2.37. The molecule has 3 heterocycles. The molecule has 1 aliphatic heterocycles. The molecule has 0 aliphatic carbocycles. The molecule has 3 aromatic carbocycles. The van der Waals surface area contributed by atoms with Crippen LogP contribution in [0.3, 0.4) is 0 Å². The van der Waals surface area contributed by atoms with Crippen molar-refractivity contribution in [2.24, 2.45) is 7.05 Å². The minimum atomic E-state index is -0.935. The third kappa shape index (κ3) is 5.23. The number of ether oxygens (including phenoxy) is 2. The van der Waals surface area contributed by atoms with Crippen LogP contribution < -0.4 is 30.5 Å². The number of aliphatic hydroxyl groups excluding tert-OH is 1. The average Bonchev–Trinajstić information content (AvgIpc) is 3.38. The van der Waals surface area contributed by atoms with Gasteiger partial charge in [0.05, 0.1) is 13.7 Å². The van der Waals surface area contributed by atoms with Gasteiger partial charge in [0.1, 0.15) is 24.2 Å². The molecule has 212 valence electrons. The number of nitrogens with zero attached hydrogens (tertiary/aromatic N) is 5. The molecule has 0 amide bonds. The Kier molecular flexibility index (Phi) is 7.10. The van der Waals surface area contributed by atoms with Gasteiger partial charge in [-0.25, -0.2) is 4.79 Å². The quantitative estimate of drug-likeness (QED) is 0.299. The maximum atomic E-state index is 13.0. The predicted molar refractivity (Wildman–Crippen MR) is 158 cm³/mol. The third-order valence-electron chi connectivity index (χ3n) is 7.54. The molecule has 11 nitrogen and oxygen atoms in total. The molecule has 1 saturated heterocycles. The van der Waals surface area contributed by atoms with Crippen molar-refractivity contribution in [2.75, 3.05) is 49.7 Å². The lowest BCUT2D eigenvalue weighted by molar-refractivity contribution is 0.0937. The van der Waals surface area contributed by atoms with E-state index in [0.717, 1.165) is 35.3 Å². The van der Waals surface area contributed by atoms with Gasteiger partial charge in [-0.2, -0.15) is 4.98 Å². The molecule has 0 spiro atoms. The number of hydrogen-bond acceptors (Lipinski definition) is 8. The summed E-state index contributed by atoms with van der Waals surface area (Å²) in [6, 6.07) is 21.7. The van der Waals surface area contributed by atoms with Crippen molar-refractivity contribution in [1.82, 2.24) is 19.1 Å². The number of imidazole rings is 1. The normalized spacial score (nSPS) is 14.5. The highest BCUT2D eigenvalue weighted by atomic mass is 16.5. The van der Waals surface area contributed by atoms with Gasteiger partial charge in [-0.1, -0.05) is 30.3 Å². The van der Waals surface area contributed by atoms with Crippen LogP contribution in [0.1, 0.15) is 0 Å². The fourth-order valence-electron chi connectivity index (χ4n) is 5.31. The Hall–Kier alpha value is -4.77. The number of nitrogens with one attached hydrogen (secondary N) is 1. The molecule has 41 heavy (non-hydrogen) atoms. The zero-order chi connectivity index (χ0) is 28.5. The summed E-state index contributed by atoms with van der Waals surface area (Å²) < 4.78 is 14.2. The first kappa shape index (κ1) is 26.5. The first-order chi connectivity index (χ1) is 19.9. The van der Waals surface area contributed by atoms with Crippen molar-refractivity contribution < 1.29 is 14.6 Å². The summed E-state index contributed by atoms with van der Waals surface area (Å²) in [4.78, 5) is 36.7. The van der Waals surface area contributed by atoms with E-state index in [2.05, 4.69) is 14.8 Å². The van der Waals surface area contributed by atoms with Crippen LogP contribution in [0.2, 0.25) is 0 Å². The highest BCUT2D eigenvalue weighted by Crippen LogP contribution is 2.25. The van der Waals surface area contributed by atoms with E-state index in [0.29, 0.717) is 24.8 Å². The first-order valence-corrected chi connectivity index (χ1v) is 13.5. The Bertz CT molecular complexity index is 1800. The summed E-state index contributed by atoms with van der Waals surface area (Å²) in [5, 5.41) is 13.2. The number of aliphatic hydroxyl groups is 1. The number of rotatable bonds is 8. The smallest absolute Gasteiger partial charge is 0.329 e. The molecule has 1 aliphatic rings. The first-order valence-electron chi connectivity index (χ1n) is 13.5. The van der Waals surface area contributed by atoms with E-state index in [9.17, 15) is 14.7 Å². The van der Waals surface area contributed by atoms with Crippen LogP contribution in [-0.2, 0) is 13.6 Å². The van der Waals surface area contributed by atoms with Crippen LogP contribution in [0.4, 0.5) is 11.6 Å². The zero-order valence-corrected chi connectivity index (χ0v) is 23.0. The second-order valence-electron chi connectivity index (χ2n) is 10.2. The average molecular weight is 557 g/mol. The van der Waals surface area contributed by atoms with Crippen molar-refractivity contribution in [3.05, 3.63) is 87.6 Å². The molecule has 1 fully saturated rings. The van der Waals surface area contributed by atoms with Gasteiger partial charge in [-0.05, 0) is 47.2 Å². The van der Waals surface area contributed by atoms with Crippen molar-refractivity contribution in [1.29, 1.82) is 0 Å². The number of methoxy groups -OCH3 is 1. The molecule has 0 bridgehead atoms. The predicted octanol–water partition coefficient (Wildman–Crippen LogP) is 2.35. The number of H-pyrrole nitrogens is 1. The molecular weight excluding hydrogens is 524 g/mol. The minimum Gasteiger partial charge on any atom is -0.497 e. The van der Waals surface area contributed by atoms with Gasteiger partial charge >= 0.3 is 5.69 Å². The molecule has 6 rings (SSSR count). The maximum absolute atomic E-state index is 13.0. The van der Waals surface area contributed by atoms with E-state index in [-0.39, 0.29) is 24.3 Å². The summed E-state index contributed by atoms with van der Waals surface area (Å²) in [5.74, 6) is 1.99. The van der Waals surface area contributed by atoms with Gasteiger partial charge in [0.2, 0.25) is 5.95 Å². The standard InChI is InChI=1S/C30H32N6O5/c1-33-27-26(28(38)32-30(33)39)36(18-23(37)19-41-25-10-7-20-5-3-4-6-21(20)17-25)29(31-27)35-15-13-34(14-16-35)22-8-11-24(40-2)12-9-22/h3-12,17,23,37H,13-16,18-19H2,1-2H3,(H,32,38,39)/t23-/m0/s1. The van der Waals surface area contributed by atoms with Gasteiger partial charge in [-0.15, -0.1) is 0 Å². The second kappa shape index (κ2) is 11.0. The number of hydrogen-bond donors (Lipinski definition) is 2. The van der Waals surface area contributed by atoms with Gasteiger partial charge in [-0.3, -0.25) is 14.3 Å². The summed E-state index contributed by atoms with van der Waals surface area (Å²) >= 11 is 0. The van der Waals surface area contributed by atoms with E-state index in [1.807, 2.05) is 66.7 Å². The molecule has 0 unspecified atom stereocenters. The monoisotopic (exact) mass is 556 g/mol. The molecule has 2 N–H and O–H groups in total. The maximum Gasteiger partial charge on any atom is 0.329 e. The van der Waals surface area contributed by atoms with E-state index in [1.54, 1.807) is 18.7 Å². The Morgan fingerprint density at radius 1 is 0.927 bits per heavy atom. The molecule has 11 heteroatoms. The van der Waals surface area contributed by atoms with Gasteiger partial charge in [0.25, 0.3) is 5.56 Å². The number of fused-ring (bicyclic) bond motifs is 2. The highest BCUT2D eigenvalue weighted by Gasteiger charge is 2.26. The van der Waals surface area contributed by atoms with Gasteiger partial charge in [0, 0.05) is 38.9 Å². The fraction of sp³-hybridized carbons (Fsp3) is 0.300. The van der Waals surface area contributed by atoms with Crippen molar-refractivity contribution in [3.8, 4) is 11.5 Å². The summed E-state index contributed by atoms with van der Waals surface area (Å²) in [6.07, 6.45) is -0.935. The number of piperazine rings is 1. The molecule has 1 atom stereocenters. The largest absolute Gasteiger partial charge is 0.497 e. The zero-order valence-electron chi connectivity index (χ0n) is 23.0. The lowest BCUT2D eigenvalue weighted by atomic mass is 10.1. The summed E-state index contributed by atoms with van der Waals surface area (Å²) in [5.41, 5.74) is 0.530. The molecule has 5 aromatic rings. The van der Waals surface area contributed by atoms with Crippen molar-refractivity contribution in [2.45, 2.75) is 12.6 Å². The van der Waals surface area contributed by atoms with E-state index < -0.39 is 17.4 Å². The fourth-order valence-corrected chi connectivity index (χ4v) is 5.31. The summed E-state index contributed by atoms with van der Waals surface area (Å²) in [7, 11) is 3.22. The summed E-state index contributed by atoms with van der Waals surface area (Å²) in [6.45, 7) is 2.85. The van der Waals surface area contributed by atoms with E-state index in [1.165, 1.54) is 4.57 Å². The van der Waals surface area contributed by atoms with Crippen LogP contribution in [-0.4, -0.2) is 70.2 Å². The van der Waals surface area contributed by atoms with E-state index >= 15 is 0 Å². The van der Waals surface area contributed by atoms with Crippen molar-refractivity contribution >= 4 is 33.6 Å². The molecule has 2 aromatic heterocycles. The second-order valence-corrected chi connectivity index (χ2v) is 10.2. The van der Waals surface area contributed by atoms with Crippen LogP contribution in [0, 0.1) is 0 Å². The Morgan fingerprint density at radius 2 is 1.61 bits per heavy atom. The molecular formula is C30H32N6O5. The third-order valence-corrected chi connectivity index (χ3v) is 7.54. The van der Waals surface area contributed by atoms with Crippen LogP contribution in [0.5, 0.6) is 11.5 Å². The molecule has 0 saturated carbocycles. The van der Waals surface area contributed by atoms with Gasteiger partial charge < -0.3 is 28.9 Å². The highest BCUT2D eigenvalue weighted by molar-refractivity contribution is 5.83. The number of anilines is 2. The minimum absolute atomic E-state index is 0.0202. The number of aromatic amines is 1. The number of aryl methyl sites for hydroxylation is 1. The van der Waals surface area contributed by atoms with Crippen LogP contribution >= 0.6 is 0 Å². The Labute approximate surface area is 235 Å². The van der Waals surface area contributed by atoms with Crippen molar-refractivity contribution in [3.63, 3.8) is 0 Å². The number of benzene rings is 3. The van der Waals surface area contributed by atoms with Crippen LogP contribution in [0.15, 0.2) is 76.3 Å². The van der Waals surface area contributed by atoms with Crippen LogP contribution in [0.25, 0.3) is 21.9 Å². The molecule has 0 radical (unpaired) electrons. The lowest BCUT2D eigenvalue weighted by Crippen LogP contribution is -2.47. The van der Waals surface area contributed by atoms with E-state index in [4.69, 9.17) is 14.5 Å². The van der Waals surface area contributed by atoms with Gasteiger partial charge in [0.15, 0.2) is 11.2 Å². The Balaban J connectivity index is 1.23. The topological polar surface area (TPSA) is 118 Å². The SMILES string of the molecule is COc1ccc(N2CCN(c3nc4c(c(=O)[nH]c(=O)n4C)n3C[C@H](O)COc3ccc4ccccc4c3)CC2)cc1. The Morgan fingerprint density at radius 3 is 2.34 bits per heavy atom. The number of aromatic nitrogens is 4.